The normalized spacial score (nSPS) is 13.9. The molecular weight excluding hydrogens is 597 g/mol. The molecule has 1 aromatic rings. The van der Waals surface area contributed by atoms with Crippen LogP contribution in [0.4, 0.5) is 0 Å². The van der Waals surface area contributed by atoms with Gasteiger partial charge in [0.15, 0.2) is 0 Å². The quantitative estimate of drug-likeness (QED) is 0.240. The molecule has 6 nitrogen and oxygen atoms in total. The number of benzene rings is 1. The smallest absolute Gasteiger partial charge is 0.337 e. The average Bonchev–Trinajstić information content (AvgIpc) is 2.96. The van der Waals surface area contributed by atoms with E-state index < -0.39 is 0 Å². The number of esters is 1. The minimum atomic E-state index is -0.338. The van der Waals surface area contributed by atoms with Gasteiger partial charge < -0.3 is 9.47 Å². The monoisotopic (exact) mass is 622 g/mol. The SMILES string of the molecule is CO[CH-]CCCN1CCC(=O)N1CCc1ccc(C(=O)OC)cc1.[U].[V]. The Morgan fingerprint density at radius 1 is 1.19 bits per heavy atom. The van der Waals surface area contributed by atoms with E-state index in [1.54, 1.807) is 25.8 Å². The molecule has 0 spiro atoms. The Bertz CT molecular complexity index is 557. The average molecular weight is 622 g/mol. The van der Waals surface area contributed by atoms with Crippen LogP contribution in [0.5, 0.6) is 0 Å². The Morgan fingerprint density at radius 2 is 1.88 bits per heavy atom. The van der Waals surface area contributed by atoms with E-state index in [2.05, 4.69) is 5.01 Å². The fourth-order valence-electron chi connectivity index (χ4n) is 2.77. The maximum absolute atomic E-state index is 12.1. The minimum absolute atomic E-state index is 0. The molecule has 1 aliphatic heterocycles. The third-order valence-electron chi connectivity index (χ3n) is 4.11. The van der Waals surface area contributed by atoms with Crippen molar-refractivity contribution >= 4 is 11.9 Å². The molecule has 0 bridgehead atoms. The molecule has 0 aliphatic carbocycles. The maximum atomic E-state index is 12.1. The molecule has 141 valence electrons. The first kappa shape index (κ1) is 25.7. The van der Waals surface area contributed by atoms with Crippen molar-refractivity contribution in [3.8, 4) is 0 Å². The number of carbonyl (C=O) groups is 2. The van der Waals surface area contributed by atoms with Crippen LogP contribution in [0, 0.1) is 37.7 Å². The second-order valence-corrected chi connectivity index (χ2v) is 5.70. The third-order valence-corrected chi connectivity index (χ3v) is 4.11. The van der Waals surface area contributed by atoms with Gasteiger partial charge in [0, 0.05) is 75.7 Å². The summed E-state index contributed by atoms with van der Waals surface area (Å²) in [6, 6.07) is 7.33. The van der Waals surface area contributed by atoms with Crippen molar-refractivity contribution in [3.63, 3.8) is 0 Å². The van der Waals surface area contributed by atoms with Crippen LogP contribution < -0.4 is 0 Å². The molecule has 1 saturated heterocycles. The maximum Gasteiger partial charge on any atom is 0.337 e. The van der Waals surface area contributed by atoms with Crippen LogP contribution in [-0.2, 0) is 39.2 Å². The van der Waals surface area contributed by atoms with Crippen LogP contribution in [0.2, 0.25) is 0 Å². The van der Waals surface area contributed by atoms with Gasteiger partial charge in [0.25, 0.3) is 0 Å². The summed E-state index contributed by atoms with van der Waals surface area (Å²) in [6.45, 7) is 4.08. The zero-order valence-electron chi connectivity index (χ0n) is 15.3. The van der Waals surface area contributed by atoms with Crippen LogP contribution in [-0.4, -0.2) is 55.7 Å². The first-order valence-corrected chi connectivity index (χ1v) is 8.22. The van der Waals surface area contributed by atoms with Crippen LogP contribution >= 0.6 is 0 Å². The summed E-state index contributed by atoms with van der Waals surface area (Å²) in [5, 5.41) is 3.97. The molecular formula is C18H25N2O4UV-. The second-order valence-electron chi connectivity index (χ2n) is 5.70. The topological polar surface area (TPSA) is 59.1 Å². The van der Waals surface area contributed by atoms with Gasteiger partial charge in [-0.25, -0.2) is 16.4 Å². The van der Waals surface area contributed by atoms with Crippen LogP contribution in [0.3, 0.4) is 0 Å². The molecule has 1 aromatic carbocycles. The molecule has 1 fully saturated rings. The van der Waals surface area contributed by atoms with E-state index in [9.17, 15) is 9.59 Å². The Kier molecular flexibility index (Phi) is 13.7. The summed E-state index contributed by atoms with van der Waals surface area (Å²) in [6.07, 6.45) is 3.18. The summed E-state index contributed by atoms with van der Waals surface area (Å²) >= 11 is 0. The van der Waals surface area contributed by atoms with E-state index in [4.69, 9.17) is 9.47 Å². The van der Waals surface area contributed by atoms with Crippen molar-refractivity contribution < 1.29 is 68.7 Å². The zero-order valence-corrected chi connectivity index (χ0v) is 20.9. The fourth-order valence-corrected chi connectivity index (χ4v) is 2.77. The number of ether oxygens (including phenoxy) is 2. The van der Waals surface area contributed by atoms with E-state index >= 15 is 0 Å². The third kappa shape index (κ3) is 7.76. The van der Waals surface area contributed by atoms with Crippen LogP contribution in [0.15, 0.2) is 24.3 Å². The number of carbonyl (C=O) groups excluding carboxylic acids is 2. The van der Waals surface area contributed by atoms with Crippen LogP contribution in [0.1, 0.15) is 35.2 Å². The number of amides is 1. The number of hydrogen-bond donors (Lipinski definition) is 0. The molecule has 1 amide bonds. The van der Waals surface area contributed by atoms with Gasteiger partial charge in [0.2, 0.25) is 5.91 Å². The van der Waals surface area contributed by atoms with Gasteiger partial charge in [-0.2, -0.15) is 6.42 Å². The largest absolute Gasteiger partial charge is 0.554 e. The molecule has 0 aromatic heterocycles. The Balaban J connectivity index is 0.00000312. The number of unbranched alkanes of at least 4 members (excludes halogenated alkanes) is 1. The van der Waals surface area contributed by atoms with E-state index in [-0.39, 0.29) is 61.5 Å². The summed E-state index contributed by atoms with van der Waals surface area (Å²) in [7, 11) is 3.02. The standard InChI is InChI=1S/C18H25N2O4.U.V/c1-23-14-4-3-11-19-12-10-17(21)20(19)13-9-15-5-7-16(8-6-15)18(22)24-2;;/h5-8,14H,3-4,9-13H2,1-2H3;;/q-1;;. The van der Waals surface area contributed by atoms with E-state index in [1.165, 1.54) is 7.11 Å². The van der Waals surface area contributed by atoms with Crippen molar-refractivity contribution in [1.82, 2.24) is 10.0 Å². The van der Waals surface area contributed by atoms with Crippen molar-refractivity contribution in [2.24, 2.45) is 0 Å². The van der Waals surface area contributed by atoms with Crippen molar-refractivity contribution in [2.75, 3.05) is 33.9 Å². The van der Waals surface area contributed by atoms with E-state index in [1.807, 2.05) is 17.1 Å². The van der Waals surface area contributed by atoms with Gasteiger partial charge in [-0.3, -0.25) is 9.80 Å². The summed E-state index contributed by atoms with van der Waals surface area (Å²) in [4.78, 5) is 23.5. The molecule has 8 heteroatoms. The predicted molar refractivity (Wildman–Crippen MR) is 89.9 cm³/mol. The number of hydrogen-bond acceptors (Lipinski definition) is 5. The molecule has 0 saturated carbocycles. The predicted octanol–water partition coefficient (Wildman–Crippen LogP) is 2.05. The fraction of sp³-hybridized carbons (Fsp3) is 0.500. The van der Waals surface area contributed by atoms with Crippen molar-refractivity contribution in [2.45, 2.75) is 25.7 Å². The number of methoxy groups -OCH3 is 2. The first-order chi connectivity index (χ1) is 11.7. The number of hydrazine groups is 1. The zero-order chi connectivity index (χ0) is 17.4. The Morgan fingerprint density at radius 3 is 2.50 bits per heavy atom. The molecule has 1 radical (unpaired) electrons. The molecule has 1 heterocycles. The molecule has 0 atom stereocenters. The Hall–Kier alpha value is -0.284. The summed E-state index contributed by atoms with van der Waals surface area (Å²) in [5.74, 6) is -0.160. The van der Waals surface area contributed by atoms with Crippen molar-refractivity contribution in [3.05, 3.63) is 42.0 Å². The van der Waals surface area contributed by atoms with Crippen LogP contribution in [0.25, 0.3) is 0 Å². The molecule has 1 aliphatic rings. The molecule has 26 heavy (non-hydrogen) atoms. The molecule has 2 rings (SSSR count). The van der Waals surface area contributed by atoms with E-state index in [0.29, 0.717) is 18.5 Å². The first-order valence-electron chi connectivity index (χ1n) is 8.22. The van der Waals surface area contributed by atoms with Gasteiger partial charge in [-0.15, -0.1) is 0 Å². The number of rotatable bonds is 9. The summed E-state index contributed by atoms with van der Waals surface area (Å²) in [5.41, 5.74) is 1.63. The van der Waals surface area contributed by atoms with Gasteiger partial charge in [0.05, 0.1) is 12.7 Å². The molecule has 0 unspecified atom stereocenters. The molecule has 0 N–H and O–H groups in total. The minimum Gasteiger partial charge on any atom is -0.554 e. The Labute approximate surface area is 191 Å². The van der Waals surface area contributed by atoms with Crippen molar-refractivity contribution in [1.29, 1.82) is 0 Å². The summed E-state index contributed by atoms with van der Waals surface area (Å²) < 4.78 is 9.63. The van der Waals surface area contributed by atoms with Gasteiger partial charge in [-0.05, 0) is 31.2 Å². The number of nitrogens with zero attached hydrogens (tertiary/aromatic N) is 2. The van der Waals surface area contributed by atoms with Gasteiger partial charge in [-0.1, -0.05) is 18.6 Å². The van der Waals surface area contributed by atoms with E-state index in [0.717, 1.165) is 37.9 Å². The van der Waals surface area contributed by atoms with Gasteiger partial charge >= 0.3 is 5.97 Å². The van der Waals surface area contributed by atoms with Gasteiger partial charge in [0.1, 0.15) is 0 Å². The second kappa shape index (κ2) is 13.8.